The summed E-state index contributed by atoms with van der Waals surface area (Å²) in [6, 6.07) is 0. The van der Waals surface area contributed by atoms with Crippen LogP contribution in [0.15, 0.2) is 11.6 Å². The number of hydrogen-bond acceptors (Lipinski definition) is 4. The van der Waals surface area contributed by atoms with E-state index in [0.717, 1.165) is 31.3 Å². The van der Waals surface area contributed by atoms with Crippen LogP contribution >= 0.6 is 0 Å². The molecule has 0 saturated heterocycles. The van der Waals surface area contributed by atoms with Crippen molar-refractivity contribution in [3.8, 4) is 0 Å². The molecule has 1 aliphatic rings. The first-order valence-electron chi connectivity index (χ1n) is 7.66. The van der Waals surface area contributed by atoms with Gasteiger partial charge in [-0.05, 0) is 53.4 Å². The maximum Gasteiger partial charge on any atom is 0.407 e. The summed E-state index contributed by atoms with van der Waals surface area (Å²) in [6.45, 7) is 7.76. The van der Waals surface area contributed by atoms with E-state index in [4.69, 9.17) is 9.47 Å². The smallest absolute Gasteiger partial charge is 0.407 e. The summed E-state index contributed by atoms with van der Waals surface area (Å²) in [4.78, 5) is 23.8. The lowest BCUT2D eigenvalue weighted by Crippen LogP contribution is -2.38. The number of nitrogens with one attached hydrogen (secondary N) is 1. The van der Waals surface area contributed by atoms with Gasteiger partial charge in [-0.25, -0.2) is 4.79 Å². The minimum atomic E-state index is -0.548. The Labute approximate surface area is 127 Å². The average molecular weight is 297 g/mol. The number of ether oxygens (including phenoxy) is 2. The highest BCUT2D eigenvalue weighted by Gasteiger charge is 2.26. The van der Waals surface area contributed by atoms with Crippen LogP contribution in [-0.4, -0.2) is 30.8 Å². The SMILES string of the molecule is CCOC(=O)C(CNC(=O)OC(C)(C)C)C1=CCCCC1. The van der Waals surface area contributed by atoms with Crippen LogP contribution in [0, 0.1) is 5.92 Å². The number of allylic oxidation sites excluding steroid dienone is 1. The first kappa shape index (κ1) is 17.5. The molecular weight excluding hydrogens is 270 g/mol. The minimum absolute atomic E-state index is 0.222. The molecule has 5 nitrogen and oxygen atoms in total. The molecule has 0 fully saturated rings. The fourth-order valence-electron chi connectivity index (χ4n) is 2.29. The molecule has 1 atom stereocenters. The largest absolute Gasteiger partial charge is 0.465 e. The zero-order valence-corrected chi connectivity index (χ0v) is 13.5. The van der Waals surface area contributed by atoms with Crippen molar-refractivity contribution in [3.05, 3.63) is 11.6 Å². The second-order valence-corrected chi connectivity index (χ2v) is 6.21. The molecule has 0 aromatic heterocycles. The Morgan fingerprint density at radius 1 is 1.33 bits per heavy atom. The van der Waals surface area contributed by atoms with E-state index >= 15 is 0 Å². The zero-order valence-electron chi connectivity index (χ0n) is 13.5. The first-order valence-corrected chi connectivity index (χ1v) is 7.66. The van der Waals surface area contributed by atoms with Crippen LogP contribution in [0.2, 0.25) is 0 Å². The number of carbonyl (C=O) groups excluding carboxylic acids is 2. The summed E-state index contributed by atoms with van der Waals surface area (Å²) in [6.07, 6.45) is 5.69. The van der Waals surface area contributed by atoms with E-state index < -0.39 is 17.6 Å². The number of alkyl carbamates (subject to hydrolysis) is 1. The Morgan fingerprint density at radius 2 is 2.05 bits per heavy atom. The standard InChI is InChI=1S/C16H27NO4/c1-5-20-14(18)13(12-9-7-6-8-10-12)11-17-15(19)21-16(2,3)4/h9,13H,5-8,10-11H2,1-4H3,(H,17,19). The van der Waals surface area contributed by atoms with E-state index in [2.05, 4.69) is 11.4 Å². The summed E-state index contributed by atoms with van der Waals surface area (Å²) >= 11 is 0. The normalized spacial score (nSPS) is 16.7. The topological polar surface area (TPSA) is 64.6 Å². The van der Waals surface area contributed by atoms with E-state index in [1.54, 1.807) is 27.7 Å². The van der Waals surface area contributed by atoms with Crippen LogP contribution in [0.5, 0.6) is 0 Å². The molecule has 0 aromatic carbocycles. The summed E-state index contributed by atoms with van der Waals surface area (Å²) in [5.41, 5.74) is 0.518. The summed E-state index contributed by atoms with van der Waals surface area (Å²) in [7, 11) is 0. The molecule has 0 spiro atoms. The molecule has 0 saturated carbocycles. The van der Waals surface area contributed by atoms with Gasteiger partial charge in [0.15, 0.2) is 0 Å². The van der Waals surface area contributed by atoms with E-state index in [9.17, 15) is 9.59 Å². The van der Waals surface area contributed by atoms with E-state index in [-0.39, 0.29) is 12.5 Å². The Bertz CT molecular complexity index is 396. The Balaban J connectivity index is 2.63. The number of amides is 1. The maximum atomic E-state index is 12.1. The Hall–Kier alpha value is -1.52. The molecule has 0 aliphatic heterocycles. The van der Waals surface area contributed by atoms with Gasteiger partial charge in [-0.1, -0.05) is 11.6 Å². The molecule has 1 rings (SSSR count). The van der Waals surface area contributed by atoms with Crippen molar-refractivity contribution in [2.24, 2.45) is 5.92 Å². The first-order chi connectivity index (χ1) is 9.83. The van der Waals surface area contributed by atoms with Crippen LogP contribution < -0.4 is 5.32 Å². The lowest BCUT2D eigenvalue weighted by atomic mass is 9.89. The molecule has 1 amide bonds. The number of rotatable bonds is 5. The number of carbonyl (C=O) groups is 2. The summed E-state index contributed by atoms with van der Waals surface area (Å²) in [5, 5.41) is 2.67. The van der Waals surface area contributed by atoms with Gasteiger partial charge in [0.2, 0.25) is 0 Å². The van der Waals surface area contributed by atoms with Gasteiger partial charge in [-0.2, -0.15) is 0 Å². The van der Waals surface area contributed by atoms with Crippen molar-refractivity contribution in [3.63, 3.8) is 0 Å². The Morgan fingerprint density at radius 3 is 2.57 bits per heavy atom. The summed E-state index contributed by atoms with van der Waals surface area (Å²) < 4.78 is 10.3. The third kappa shape index (κ3) is 6.65. The average Bonchev–Trinajstić information content (AvgIpc) is 2.38. The van der Waals surface area contributed by atoms with Gasteiger partial charge in [0.1, 0.15) is 5.60 Å². The lowest BCUT2D eigenvalue weighted by Gasteiger charge is -2.24. The lowest BCUT2D eigenvalue weighted by molar-refractivity contribution is -0.146. The number of hydrogen-bond donors (Lipinski definition) is 1. The highest BCUT2D eigenvalue weighted by Crippen LogP contribution is 2.25. The van der Waals surface area contributed by atoms with Crippen molar-refractivity contribution in [2.45, 2.75) is 59.0 Å². The van der Waals surface area contributed by atoms with E-state index in [1.165, 1.54) is 0 Å². The maximum absolute atomic E-state index is 12.1. The fourth-order valence-corrected chi connectivity index (χ4v) is 2.29. The molecule has 120 valence electrons. The van der Waals surface area contributed by atoms with Crippen molar-refractivity contribution in [1.29, 1.82) is 0 Å². The van der Waals surface area contributed by atoms with Gasteiger partial charge in [-0.3, -0.25) is 4.79 Å². The molecule has 1 aliphatic carbocycles. The van der Waals surface area contributed by atoms with Crippen molar-refractivity contribution in [1.82, 2.24) is 5.32 Å². The highest BCUT2D eigenvalue weighted by molar-refractivity contribution is 5.77. The molecule has 0 heterocycles. The monoisotopic (exact) mass is 297 g/mol. The predicted molar refractivity (Wildman–Crippen MR) is 80.9 cm³/mol. The van der Waals surface area contributed by atoms with E-state index in [0.29, 0.717) is 6.61 Å². The van der Waals surface area contributed by atoms with Crippen molar-refractivity contribution in [2.75, 3.05) is 13.2 Å². The van der Waals surface area contributed by atoms with Crippen LogP contribution in [0.4, 0.5) is 4.79 Å². The second kappa shape index (κ2) is 8.05. The van der Waals surface area contributed by atoms with Gasteiger partial charge >= 0.3 is 12.1 Å². The van der Waals surface area contributed by atoms with Gasteiger partial charge in [0.05, 0.1) is 12.5 Å². The van der Waals surface area contributed by atoms with Gasteiger partial charge < -0.3 is 14.8 Å². The molecule has 0 bridgehead atoms. The molecular formula is C16H27NO4. The van der Waals surface area contributed by atoms with E-state index in [1.807, 2.05) is 0 Å². The van der Waals surface area contributed by atoms with Crippen LogP contribution in [0.1, 0.15) is 53.4 Å². The van der Waals surface area contributed by atoms with Gasteiger partial charge in [-0.15, -0.1) is 0 Å². The minimum Gasteiger partial charge on any atom is -0.465 e. The third-order valence-electron chi connectivity index (χ3n) is 3.19. The quantitative estimate of drug-likeness (QED) is 0.625. The van der Waals surface area contributed by atoms with Crippen LogP contribution in [0.3, 0.4) is 0 Å². The second-order valence-electron chi connectivity index (χ2n) is 6.21. The van der Waals surface area contributed by atoms with Gasteiger partial charge in [0.25, 0.3) is 0 Å². The highest BCUT2D eigenvalue weighted by atomic mass is 16.6. The van der Waals surface area contributed by atoms with Crippen molar-refractivity contribution < 1.29 is 19.1 Å². The summed E-state index contributed by atoms with van der Waals surface area (Å²) in [5.74, 6) is -0.681. The predicted octanol–water partition coefficient (Wildman–Crippen LogP) is 3.19. The Kier molecular flexibility index (Phi) is 6.72. The zero-order chi connectivity index (χ0) is 15.9. The molecule has 1 unspecified atom stereocenters. The molecule has 0 aromatic rings. The van der Waals surface area contributed by atoms with Crippen LogP contribution in [-0.2, 0) is 14.3 Å². The number of esters is 1. The molecule has 5 heteroatoms. The molecule has 1 N–H and O–H groups in total. The molecule has 0 radical (unpaired) electrons. The fraction of sp³-hybridized carbons (Fsp3) is 0.750. The third-order valence-corrected chi connectivity index (χ3v) is 3.19. The van der Waals surface area contributed by atoms with Crippen LogP contribution in [0.25, 0.3) is 0 Å². The van der Waals surface area contributed by atoms with Gasteiger partial charge in [0, 0.05) is 6.54 Å². The molecule has 21 heavy (non-hydrogen) atoms. The van der Waals surface area contributed by atoms with Crippen molar-refractivity contribution >= 4 is 12.1 Å².